The maximum absolute atomic E-state index is 14.9. The highest BCUT2D eigenvalue weighted by Crippen LogP contribution is 2.53. The fourth-order valence-corrected chi connectivity index (χ4v) is 6.95. The number of carbonyl (C=O) groups excluding carboxylic acids is 1. The minimum atomic E-state index is -5.05. The molecule has 5 rings (SSSR count). The van der Waals surface area contributed by atoms with Crippen LogP contribution in [0.15, 0.2) is 42.5 Å². The maximum Gasteiger partial charge on any atom is 0.426 e. The van der Waals surface area contributed by atoms with Crippen molar-refractivity contribution >= 4 is 23.5 Å². The lowest BCUT2D eigenvalue weighted by atomic mass is 9.73. The third-order valence-electron chi connectivity index (χ3n) is 9.08. The normalized spacial score (nSPS) is 28.5. The number of benzene rings is 2. The fourth-order valence-electron chi connectivity index (χ4n) is 6.83. The van der Waals surface area contributed by atoms with Crippen molar-refractivity contribution in [2.24, 2.45) is 11.8 Å². The van der Waals surface area contributed by atoms with Gasteiger partial charge in [0, 0.05) is 28.9 Å². The highest BCUT2D eigenvalue weighted by atomic mass is 35.5. The van der Waals surface area contributed by atoms with Crippen LogP contribution in [0.5, 0.6) is 0 Å². The van der Waals surface area contributed by atoms with Gasteiger partial charge in [-0.1, -0.05) is 41.9 Å². The summed E-state index contributed by atoms with van der Waals surface area (Å²) >= 11 is 6.08. The minimum absolute atomic E-state index is 0.0181. The summed E-state index contributed by atoms with van der Waals surface area (Å²) in [5.74, 6) is -1.55. The first-order chi connectivity index (χ1) is 17.8. The lowest BCUT2D eigenvalue weighted by Gasteiger charge is -2.36. The number of carboxylic acids is 1. The number of hydrogen-bond acceptors (Lipinski definition) is 2. The smallest absolute Gasteiger partial charge is 0.426 e. The predicted octanol–water partition coefficient (Wildman–Crippen LogP) is 6.62. The van der Waals surface area contributed by atoms with Crippen molar-refractivity contribution in [1.29, 1.82) is 0 Å². The Bertz CT molecular complexity index is 1240. The van der Waals surface area contributed by atoms with Gasteiger partial charge in [-0.05, 0) is 86.3 Å². The summed E-state index contributed by atoms with van der Waals surface area (Å²) in [5, 5.41) is 9.91. The summed E-state index contributed by atoms with van der Waals surface area (Å²) in [4.78, 5) is 26.9. The average molecular weight is 552 g/mol. The number of rotatable bonds is 5. The van der Waals surface area contributed by atoms with Gasteiger partial charge in [-0.15, -0.1) is 0 Å². The Morgan fingerprint density at radius 1 is 1.03 bits per heavy atom. The molecule has 2 aromatic rings. The molecule has 1 amide bonds. The highest BCUT2D eigenvalue weighted by Gasteiger charge is 2.57. The number of amides is 1. The van der Waals surface area contributed by atoms with Gasteiger partial charge in [0.1, 0.15) is 0 Å². The molecule has 0 aromatic heterocycles. The fraction of sp³-hybridized carbons (Fsp3) is 0.517. The maximum atomic E-state index is 14.9. The van der Waals surface area contributed by atoms with E-state index in [9.17, 15) is 32.3 Å². The SMILES string of the molecule is CC(F)(c1ccc2c(c1)CC1N(C(=O)C3CCC(C(=O)O)CC3)CCC21Cc1ccc(Cl)cc1)C(F)(F)F. The molecule has 204 valence electrons. The summed E-state index contributed by atoms with van der Waals surface area (Å²) in [6, 6.07) is 11.3. The van der Waals surface area contributed by atoms with E-state index >= 15 is 0 Å². The van der Waals surface area contributed by atoms with E-state index in [0.29, 0.717) is 69.0 Å². The van der Waals surface area contributed by atoms with Crippen LogP contribution in [0, 0.1) is 11.8 Å². The molecular formula is C29H30ClF4NO3. The van der Waals surface area contributed by atoms with E-state index in [1.54, 1.807) is 18.2 Å². The molecule has 4 nitrogen and oxygen atoms in total. The van der Waals surface area contributed by atoms with E-state index in [2.05, 4.69) is 0 Å². The minimum Gasteiger partial charge on any atom is -0.481 e. The molecule has 2 fully saturated rings. The molecule has 0 bridgehead atoms. The lowest BCUT2D eigenvalue weighted by molar-refractivity contribution is -0.228. The lowest BCUT2D eigenvalue weighted by Crippen LogP contribution is -2.46. The molecule has 2 aliphatic carbocycles. The first-order valence-corrected chi connectivity index (χ1v) is 13.4. The van der Waals surface area contributed by atoms with E-state index in [1.165, 1.54) is 12.1 Å². The highest BCUT2D eigenvalue weighted by molar-refractivity contribution is 6.30. The Morgan fingerprint density at radius 2 is 1.66 bits per heavy atom. The van der Waals surface area contributed by atoms with Crippen LogP contribution in [0.4, 0.5) is 17.6 Å². The molecule has 0 radical (unpaired) electrons. The molecule has 1 heterocycles. The van der Waals surface area contributed by atoms with Crippen molar-refractivity contribution in [3.05, 3.63) is 69.7 Å². The first-order valence-electron chi connectivity index (χ1n) is 13.0. The Labute approximate surface area is 224 Å². The van der Waals surface area contributed by atoms with E-state index < -0.39 is 34.7 Å². The third kappa shape index (κ3) is 4.48. The zero-order valence-corrected chi connectivity index (χ0v) is 21.8. The van der Waals surface area contributed by atoms with Crippen molar-refractivity contribution in [2.75, 3.05) is 6.54 Å². The summed E-state index contributed by atoms with van der Waals surface area (Å²) in [6.07, 6.45) is -1.57. The average Bonchev–Trinajstić information content (AvgIpc) is 3.37. The largest absolute Gasteiger partial charge is 0.481 e. The molecule has 2 aromatic carbocycles. The van der Waals surface area contributed by atoms with Gasteiger partial charge in [-0.3, -0.25) is 9.59 Å². The van der Waals surface area contributed by atoms with Crippen LogP contribution < -0.4 is 0 Å². The van der Waals surface area contributed by atoms with Crippen molar-refractivity contribution in [3.63, 3.8) is 0 Å². The van der Waals surface area contributed by atoms with Gasteiger partial charge in [-0.25, -0.2) is 4.39 Å². The van der Waals surface area contributed by atoms with E-state index in [4.69, 9.17) is 11.6 Å². The van der Waals surface area contributed by atoms with Crippen molar-refractivity contribution in [2.45, 2.75) is 75.2 Å². The second-order valence-electron chi connectivity index (χ2n) is 11.2. The zero-order chi connectivity index (χ0) is 27.5. The molecule has 9 heteroatoms. The number of halogens is 5. The Balaban J connectivity index is 1.48. The molecule has 3 unspecified atom stereocenters. The second-order valence-corrected chi connectivity index (χ2v) is 11.7. The first kappa shape index (κ1) is 27.0. The van der Waals surface area contributed by atoms with Gasteiger partial charge in [0.05, 0.1) is 5.92 Å². The topological polar surface area (TPSA) is 57.6 Å². The molecule has 1 aliphatic heterocycles. The van der Waals surface area contributed by atoms with Crippen LogP contribution in [0.3, 0.4) is 0 Å². The molecule has 0 spiro atoms. The molecule has 1 N–H and O–H groups in total. The van der Waals surface area contributed by atoms with Crippen LogP contribution in [0.1, 0.15) is 61.3 Å². The molecular weight excluding hydrogens is 522 g/mol. The van der Waals surface area contributed by atoms with Crippen LogP contribution in [0.25, 0.3) is 0 Å². The third-order valence-corrected chi connectivity index (χ3v) is 9.34. The van der Waals surface area contributed by atoms with Crippen LogP contribution in [0.2, 0.25) is 5.02 Å². The molecule has 1 saturated carbocycles. The van der Waals surface area contributed by atoms with Gasteiger partial charge < -0.3 is 10.0 Å². The number of nitrogens with zero attached hydrogens (tertiary/aromatic N) is 1. The Kier molecular flexibility index (Phi) is 6.77. The van der Waals surface area contributed by atoms with Crippen LogP contribution in [-0.2, 0) is 33.5 Å². The monoisotopic (exact) mass is 551 g/mol. The van der Waals surface area contributed by atoms with E-state index in [-0.39, 0.29) is 17.9 Å². The number of alkyl halides is 4. The molecule has 1 saturated heterocycles. The molecule has 3 aliphatic rings. The zero-order valence-electron chi connectivity index (χ0n) is 21.0. The van der Waals surface area contributed by atoms with Crippen LogP contribution in [-0.4, -0.2) is 40.6 Å². The van der Waals surface area contributed by atoms with Crippen molar-refractivity contribution in [1.82, 2.24) is 4.90 Å². The molecule has 38 heavy (non-hydrogen) atoms. The van der Waals surface area contributed by atoms with E-state index in [1.807, 2.05) is 17.0 Å². The second kappa shape index (κ2) is 9.54. The Hall–Kier alpha value is -2.61. The number of carboxylic acid groups (broad SMARTS) is 1. The number of fused-ring (bicyclic) bond motifs is 3. The van der Waals surface area contributed by atoms with Crippen molar-refractivity contribution in [3.8, 4) is 0 Å². The quantitative estimate of drug-likeness (QED) is 0.425. The predicted molar refractivity (Wildman–Crippen MR) is 135 cm³/mol. The number of aliphatic carboxylic acids is 1. The summed E-state index contributed by atoms with van der Waals surface area (Å²) < 4.78 is 55.3. The van der Waals surface area contributed by atoms with Gasteiger partial charge in [-0.2, -0.15) is 13.2 Å². The standard InChI is InChI=1S/C29H30ClF4NO3/c1-27(31,29(32,33)34)21-8-11-23-20(14-21)15-24-28(23,16-17-2-9-22(30)10-3-17)12-13-35(24)25(36)18-4-6-19(7-5-18)26(37)38/h2-3,8-11,14,18-19,24H,4-7,12-13,15-16H2,1H3,(H,37,38). The number of carbonyl (C=O) groups is 2. The number of likely N-dealkylation sites (tertiary alicyclic amines) is 1. The van der Waals surface area contributed by atoms with Gasteiger partial charge in [0.25, 0.3) is 0 Å². The summed E-state index contributed by atoms with van der Waals surface area (Å²) in [6.45, 7) is 1.05. The molecule has 3 atom stereocenters. The van der Waals surface area contributed by atoms with Gasteiger partial charge in [0.15, 0.2) is 0 Å². The van der Waals surface area contributed by atoms with Gasteiger partial charge in [0.2, 0.25) is 11.6 Å². The summed E-state index contributed by atoms with van der Waals surface area (Å²) in [7, 11) is 0. The Morgan fingerprint density at radius 3 is 2.26 bits per heavy atom. The van der Waals surface area contributed by atoms with Crippen LogP contribution >= 0.6 is 11.6 Å². The van der Waals surface area contributed by atoms with Crippen molar-refractivity contribution < 1.29 is 32.3 Å². The van der Waals surface area contributed by atoms with Gasteiger partial charge >= 0.3 is 12.1 Å². The number of hydrogen-bond donors (Lipinski definition) is 1. The van der Waals surface area contributed by atoms with E-state index in [0.717, 1.165) is 11.1 Å². The summed E-state index contributed by atoms with van der Waals surface area (Å²) in [5.41, 5.74) is -1.93.